The van der Waals surface area contributed by atoms with Crippen LogP contribution in [0.1, 0.15) is 24.3 Å². The van der Waals surface area contributed by atoms with Crippen molar-refractivity contribution in [2.75, 3.05) is 11.4 Å². The zero-order valence-electron chi connectivity index (χ0n) is 10.9. The Morgan fingerprint density at radius 2 is 2.11 bits per heavy atom. The lowest BCUT2D eigenvalue weighted by Crippen LogP contribution is -2.35. The molecule has 1 aromatic heterocycles. The molecule has 1 atom stereocenters. The number of carbonyl (C=O) groups excluding carboxylic acids is 1. The number of hydrogen-bond donors (Lipinski definition) is 1. The van der Waals surface area contributed by atoms with Crippen molar-refractivity contribution >= 4 is 22.4 Å². The zero-order chi connectivity index (χ0) is 13.8. The van der Waals surface area contributed by atoms with E-state index in [9.17, 15) is 9.90 Å². The van der Waals surface area contributed by atoms with Gasteiger partial charge in [-0.1, -0.05) is 30.3 Å². The number of anilines is 1. The molecule has 0 fully saturated rings. The summed E-state index contributed by atoms with van der Waals surface area (Å²) in [6, 6.07) is 8.93. The van der Waals surface area contributed by atoms with Crippen LogP contribution in [-0.2, 0) is 4.79 Å². The van der Waals surface area contributed by atoms with Crippen molar-refractivity contribution in [1.29, 1.82) is 0 Å². The second kappa shape index (κ2) is 5.95. The molecule has 1 unspecified atom stereocenters. The number of carbonyl (C=O) groups is 1. The third-order valence-electron chi connectivity index (χ3n) is 2.77. The van der Waals surface area contributed by atoms with E-state index in [0.717, 1.165) is 5.69 Å². The lowest BCUT2D eigenvalue weighted by Gasteiger charge is -2.21. The second-order valence-corrected chi connectivity index (χ2v) is 5.00. The van der Waals surface area contributed by atoms with E-state index in [-0.39, 0.29) is 5.91 Å². The summed E-state index contributed by atoms with van der Waals surface area (Å²) in [5.74, 6) is -0.344. The predicted octanol–water partition coefficient (Wildman–Crippen LogP) is 2.54. The molecular formula is C14H16N2O2S. The van der Waals surface area contributed by atoms with E-state index in [2.05, 4.69) is 4.98 Å². The molecule has 0 radical (unpaired) electrons. The summed E-state index contributed by atoms with van der Waals surface area (Å²) < 4.78 is 0. The first kappa shape index (κ1) is 13.7. The Kier molecular flexibility index (Phi) is 4.29. The summed E-state index contributed by atoms with van der Waals surface area (Å²) in [7, 11) is 0. The Morgan fingerprint density at radius 3 is 2.63 bits per heavy atom. The lowest BCUT2D eigenvalue weighted by molar-refractivity contribution is -0.126. The maximum Gasteiger partial charge on any atom is 0.262 e. The van der Waals surface area contributed by atoms with Crippen LogP contribution >= 0.6 is 11.3 Å². The van der Waals surface area contributed by atoms with Crippen molar-refractivity contribution in [2.24, 2.45) is 0 Å². The fourth-order valence-electron chi connectivity index (χ4n) is 1.78. The van der Waals surface area contributed by atoms with Crippen LogP contribution in [-0.4, -0.2) is 22.5 Å². The fraction of sp³-hybridized carbons (Fsp3) is 0.286. The van der Waals surface area contributed by atoms with Crippen molar-refractivity contribution in [3.63, 3.8) is 0 Å². The molecule has 0 bridgehead atoms. The van der Waals surface area contributed by atoms with E-state index in [1.165, 1.54) is 16.2 Å². The summed E-state index contributed by atoms with van der Waals surface area (Å²) in [6.45, 7) is 4.23. The molecule has 1 aromatic carbocycles. The van der Waals surface area contributed by atoms with Crippen LogP contribution in [0.4, 0.5) is 5.13 Å². The molecule has 2 rings (SSSR count). The van der Waals surface area contributed by atoms with E-state index in [4.69, 9.17) is 0 Å². The van der Waals surface area contributed by atoms with Gasteiger partial charge in [0.1, 0.15) is 0 Å². The summed E-state index contributed by atoms with van der Waals surface area (Å²) in [5, 5.41) is 12.7. The molecule has 0 aliphatic heterocycles. The maximum atomic E-state index is 12.3. The third kappa shape index (κ3) is 3.00. The molecule has 0 saturated carbocycles. The molecule has 2 aromatic rings. The number of amides is 1. The van der Waals surface area contributed by atoms with Gasteiger partial charge in [-0.25, -0.2) is 4.98 Å². The summed E-state index contributed by atoms with van der Waals surface area (Å²) in [6.07, 6.45) is -1.15. The Balaban J connectivity index is 2.22. The van der Waals surface area contributed by atoms with Crippen LogP contribution in [0.25, 0.3) is 0 Å². The van der Waals surface area contributed by atoms with Gasteiger partial charge in [0.25, 0.3) is 5.91 Å². The van der Waals surface area contributed by atoms with Gasteiger partial charge in [0.15, 0.2) is 11.2 Å². The average molecular weight is 276 g/mol. The van der Waals surface area contributed by atoms with Crippen molar-refractivity contribution in [3.8, 4) is 0 Å². The smallest absolute Gasteiger partial charge is 0.262 e. The minimum Gasteiger partial charge on any atom is -0.378 e. The molecule has 1 heterocycles. The van der Waals surface area contributed by atoms with E-state index in [1.54, 1.807) is 24.3 Å². The van der Waals surface area contributed by atoms with Crippen LogP contribution in [0.15, 0.2) is 35.7 Å². The third-order valence-corrected chi connectivity index (χ3v) is 3.75. The molecule has 1 N–H and O–H groups in total. The first-order valence-electron chi connectivity index (χ1n) is 6.10. The van der Waals surface area contributed by atoms with Crippen LogP contribution in [0, 0.1) is 6.92 Å². The van der Waals surface area contributed by atoms with E-state index in [0.29, 0.717) is 17.2 Å². The van der Waals surface area contributed by atoms with Crippen LogP contribution in [0.5, 0.6) is 0 Å². The van der Waals surface area contributed by atoms with Gasteiger partial charge >= 0.3 is 0 Å². The summed E-state index contributed by atoms with van der Waals surface area (Å²) in [4.78, 5) is 18.1. The SMILES string of the molecule is CCN(C(=O)C(O)c1ccccc1)c1nc(C)cs1. The molecule has 0 aliphatic carbocycles. The van der Waals surface area contributed by atoms with E-state index in [1.807, 2.05) is 25.3 Å². The van der Waals surface area contributed by atoms with Crippen molar-refractivity contribution in [2.45, 2.75) is 20.0 Å². The number of rotatable bonds is 4. The number of aliphatic hydroxyl groups is 1. The Bertz CT molecular complexity index is 554. The standard InChI is InChI=1S/C14H16N2O2S/c1-3-16(14-15-10(2)9-19-14)13(18)12(17)11-7-5-4-6-8-11/h4-9,12,17H,3H2,1-2H3. The highest BCUT2D eigenvalue weighted by Gasteiger charge is 2.25. The molecule has 0 saturated heterocycles. The van der Waals surface area contributed by atoms with Crippen molar-refractivity contribution in [3.05, 3.63) is 47.0 Å². The van der Waals surface area contributed by atoms with Gasteiger partial charge in [-0.3, -0.25) is 9.69 Å². The molecule has 0 spiro atoms. The first-order valence-corrected chi connectivity index (χ1v) is 6.98. The van der Waals surface area contributed by atoms with Crippen LogP contribution in [0.3, 0.4) is 0 Å². The van der Waals surface area contributed by atoms with Gasteiger partial charge in [-0.15, -0.1) is 11.3 Å². The minimum absolute atomic E-state index is 0.344. The summed E-state index contributed by atoms with van der Waals surface area (Å²) in [5.41, 5.74) is 1.47. The number of aryl methyl sites for hydroxylation is 1. The van der Waals surface area contributed by atoms with Gasteiger partial charge in [0.05, 0.1) is 5.69 Å². The predicted molar refractivity (Wildman–Crippen MR) is 76.3 cm³/mol. The Morgan fingerprint density at radius 1 is 1.42 bits per heavy atom. The topological polar surface area (TPSA) is 53.4 Å². The summed E-state index contributed by atoms with van der Waals surface area (Å²) >= 11 is 1.41. The second-order valence-electron chi connectivity index (χ2n) is 4.17. The first-order chi connectivity index (χ1) is 9.13. The molecule has 0 aliphatic rings. The zero-order valence-corrected chi connectivity index (χ0v) is 11.7. The van der Waals surface area contributed by atoms with Crippen LogP contribution in [0.2, 0.25) is 0 Å². The van der Waals surface area contributed by atoms with Gasteiger partial charge in [-0.2, -0.15) is 0 Å². The number of nitrogens with zero attached hydrogens (tertiary/aromatic N) is 2. The number of likely N-dealkylation sites (N-methyl/N-ethyl adjacent to an activating group) is 1. The van der Waals surface area contributed by atoms with Crippen molar-refractivity contribution in [1.82, 2.24) is 4.98 Å². The van der Waals surface area contributed by atoms with E-state index >= 15 is 0 Å². The van der Waals surface area contributed by atoms with Crippen molar-refractivity contribution < 1.29 is 9.90 Å². The molecule has 1 amide bonds. The highest BCUT2D eigenvalue weighted by atomic mass is 32.1. The number of benzene rings is 1. The van der Waals surface area contributed by atoms with Gasteiger partial charge < -0.3 is 5.11 Å². The minimum atomic E-state index is -1.15. The molecular weight excluding hydrogens is 260 g/mol. The fourth-order valence-corrected chi connectivity index (χ4v) is 2.65. The normalized spacial score (nSPS) is 12.2. The Hall–Kier alpha value is -1.72. The van der Waals surface area contributed by atoms with E-state index < -0.39 is 6.10 Å². The molecule has 100 valence electrons. The largest absolute Gasteiger partial charge is 0.378 e. The van der Waals surface area contributed by atoms with Gasteiger partial charge in [0.2, 0.25) is 0 Å². The highest BCUT2D eigenvalue weighted by Crippen LogP contribution is 2.24. The number of hydrogen-bond acceptors (Lipinski definition) is 4. The molecule has 19 heavy (non-hydrogen) atoms. The van der Waals surface area contributed by atoms with Gasteiger partial charge in [-0.05, 0) is 19.4 Å². The number of thiazole rings is 1. The lowest BCUT2D eigenvalue weighted by atomic mass is 10.1. The van der Waals surface area contributed by atoms with Crippen LogP contribution < -0.4 is 4.90 Å². The number of aromatic nitrogens is 1. The molecule has 4 nitrogen and oxygen atoms in total. The highest BCUT2D eigenvalue weighted by molar-refractivity contribution is 7.14. The average Bonchev–Trinajstić information content (AvgIpc) is 2.86. The monoisotopic (exact) mass is 276 g/mol. The quantitative estimate of drug-likeness (QED) is 0.933. The Labute approximate surface area is 116 Å². The van der Waals surface area contributed by atoms with Gasteiger partial charge in [0, 0.05) is 11.9 Å². The molecule has 5 heteroatoms. The number of aliphatic hydroxyl groups excluding tert-OH is 1. The maximum absolute atomic E-state index is 12.3.